The molecule has 0 aliphatic heterocycles. The van der Waals surface area contributed by atoms with Crippen LogP contribution < -0.4 is 0 Å². The van der Waals surface area contributed by atoms with Gasteiger partial charge in [0.2, 0.25) is 0 Å². The van der Waals surface area contributed by atoms with E-state index in [1.807, 2.05) is 0 Å². The standard InChI is InChI=1S/C83H162O17P2/c1-6-9-12-15-18-21-23-25-27-29-31-33-35-37-39-41-43-45-47-52-57-62-67-81(86)94-73-78(99-82(87)68-63-58-53-48-46-44-42-40-38-36-34-32-30-28-26-24-22-19-16-13-10-7-2)74-97-101(89,90)95-70-77(84)71-96-102(91,92)98-75-79(72-93-80(85)66-61-56-51-20-17-14-11-8-3)100-83(88)69-64-59-54-49-50-55-60-65-76(4)5/h76-79,84H,6-75H2,1-5H3,(H,89,90)(H,91,92)/t77-,78-,79-/m1/s1. The number of carbonyl (C=O) groups is 4. The van der Waals surface area contributed by atoms with Crippen LogP contribution in [-0.4, -0.2) is 96.7 Å². The highest BCUT2D eigenvalue weighted by molar-refractivity contribution is 7.47. The zero-order valence-corrected chi connectivity index (χ0v) is 68.5. The lowest BCUT2D eigenvalue weighted by Gasteiger charge is -2.21. The summed E-state index contributed by atoms with van der Waals surface area (Å²) < 4.78 is 68.6. The summed E-state index contributed by atoms with van der Waals surface area (Å²) in [6.07, 6.45) is 68.6. The van der Waals surface area contributed by atoms with E-state index in [4.69, 9.17) is 37.0 Å². The van der Waals surface area contributed by atoms with E-state index in [0.29, 0.717) is 31.6 Å². The van der Waals surface area contributed by atoms with Gasteiger partial charge in [0.1, 0.15) is 19.3 Å². The van der Waals surface area contributed by atoms with E-state index in [2.05, 4.69) is 34.6 Å². The molecule has 0 heterocycles. The number of phosphoric acid groups is 2. The van der Waals surface area contributed by atoms with E-state index in [0.717, 1.165) is 96.3 Å². The number of carbonyl (C=O) groups excluding carboxylic acids is 4. The van der Waals surface area contributed by atoms with Gasteiger partial charge >= 0.3 is 39.5 Å². The summed E-state index contributed by atoms with van der Waals surface area (Å²) in [7, 11) is -9.91. The first-order valence-electron chi connectivity index (χ1n) is 43.1. The first-order valence-corrected chi connectivity index (χ1v) is 46.1. The van der Waals surface area contributed by atoms with Gasteiger partial charge in [0.25, 0.3) is 0 Å². The van der Waals surface area contributed by atoms with Crippen molar-refractivity contribution >= 4 is 39.5 Å². The summed E-state index contributed by atoms with van der Waals surface area (Å²) in [5, 5.41) is 10.6. The fourth-order valence-electron chi connectivity index (χ4n) is 12.9. The number of hydrogen-bond donors (Lipinski definition) is 3. The zero-order valence-electron chi connectivity index (χ0n) is 66.8. The van der Waals surface area contributed by atoms with Crippen LogP contribution in [0.25, 0.3) is 0 Å². The average molecular weight is 1490 g/mol. The van der Waals surface area contributed by atoms with Crippen LogP contribution in [0.5, 0.6) is 0 Å². The van der Waals surface area contributed by atoms with Crippen LogP contribution >= 0.6 is 15.6 Å². The van der Waals surface area contributed by atoms with Crippen molar-refractivity contribution in [3.05, 3.63) is 0 Å². The molecule has 19 heteroatoms. The maximum Gasteiger partial charge on any atom is 0.472 e. The van der Waals surface area contributed by atoms with Gasteiger partial charge in [-0.25, -0.2) is 9.13 Å². The number of ether oxygens (including phenoxy) is 4. The first-order chi connectivity index (χ1) is 49.5. The second-order valence-electron chi connectivity index (χ2n) is 30.3. The number of unbranched alkanes of at least 4 members (excludes halogenated alkanes) is 55. The molecule has 0 rings (SSSR count). The minimum Gasteiger partial charge on any atom is -0.462 e. The molecule has 2 unspecified atom stereocenters. The van der Waals surface area contributed by atoms with Crippen LogP contribution in [-0.2, 0) is 65.4 Å². The Hall–Kier alpha value is -1.94. The molecule has 0 aliphatic carbocycles. The minimum atomic E-state index is -4.96. The van der Waals surface area contributed by atoms with Gasteiger partial charge in [-0.05, 0) is 31.6 Å². The molecular formula is C83H162O17P2. The van der Waals surface area contributed by atoms with Crippen molar-refractivity contribution in [1.82, 2.24) is 0 Å². The normalized spacial score (nSPS) is 13.8. The molecule has 0 fully saturated rings. The molecule has 0 aromatic rings. The van der Waals surface area contributed by atoms with Gasteiger partial charge in [-0.2, -0.15) is 0 Å². The average Bonchev–Trinajstić information content (AvgIpc) is 0.925. The van der Waals surface area contributed by atoms with Crippen molar-refractivity contribution in [2.75, 3.05) is 39.6 Å². The van der Waals surface area contributed by atoms with Gasteiger partial charge in [-0.15, -0.1) is 0 Å². The molecule has 17 nitrogen and oxygen atoms in total. The van der Waals surface area contributed by atoms with Gasteiger partial charge in [0.15, 0.2) is 12.2 Å². The Kier molecular flexibility index (Phi) is 74.4. The number of phosphoric ester groups is 2. The predicted molar refractivity (Wildman–Crippen MR) is 418 cm³/mol. The molecule has 0 aliphatic rings. The molecule has 0 saturated heterocycles. The highest BCUT2D eigenvalue weighted by Crippen LogP contribution is 2.45. The lowest BCUT2D eigenvalue weighted by molar-refractivity contribution is -0.161. The fourth-order valence-corrected chi connectivity index (χ4v) is 14.5. The Morgan fingerprint density at radius 2 is 0.451 bits per heavy atom. The fraction of sp³-hybridized carbons (Fsp3) is 0.952. The van der Waals surface area contributed by atoms with Crippen LogP contribution in [0.2, 0.25) is 0 Å². The summed E-state index contributed by atoms with van der Waals surface area (Å²) in [5.74, 6) is -1.42. The maximum absolute atomic E-state index is 13.1. The molecule has 0 aromatic heterocycles. The lowest BCUT2D eigenvalue weighted by atomic mass is 10.0. The molecule has 0 amide bonds. The number of aliphatic hydroxyl groups excluding tert-OH is 1. The summed E-state index contributed by atoms with van der Waals surface area (Å²) in [5.41, 5.74) is 0. The molecule has 0 radical (unpaired) electrons. The van der Waals surface area contributed by atoms with Crippen molar-refractivity contribution in [3.8, 4) is 0 Å². The smallest absolute Gasteiger partial charge is 0.462 e. The van der Waals surface area contributed by atoms with Crippen molar-refractivity contribution in [3.63, 3.8) is 0 Å². The molecule has 0 spiro atoms. The van der Waals surface area contributed by atoms with Gasteiger partial charge in [-0.3, -0.25) is 37.3 Å². The minimum absolute atomic E-state index is 0.104. The topological polar surface area (TPSA) is 237 Å². The van der Waals surface area contributed by atoms with E-state index in [1.165, 1.54) is 263 Å². The first kappa shape index (κ1) is 100. The molecular weight excluding hydrogens is 1330 g/mol. The number of rotatable bonds is 83. The molecule has 606 valence electrons. The van der Waals surface area contributed by atoms with Gasteiger partial charge in [0, 0.05) is 25.7 Å². The van der Waals surface area contributed by atoms with Crippen LogP contribution in [0.3, 0.4) is 0 Å². The third-order valence-corrected chi connectivity index (χ3v) is 21.4. The molecule has 0 saturated carbocycles. The van der Waals surface area contributed by atoms with Gasteiger partial charge in [-0.1, -0.05) is 394 Å². The maximum atomic E-state index is 13.1. The van der Waals surface area contributed by atoms with E-state index in [1.54, 1.807) is 0 Å². The zero-order chi connectivity index (χ0) is 74.8. The summed E-state index contributed by atoms with van der Waals surface area (Å²) in [6, 6.07) is 0. The second-order valence-corrected chi connectivity index (χ2v) is 33.3. The Bertz CT molecular complexity index is 1940. The monoisotopic (exact) mass is 1490 g/mol. The van der Waals surface area contributed by atoms with Crippen LogP contribution in [0.4, 0.5) is 0 Å². The molecule has 5 atom stereocenters. The van der Waals surface area contributed by atoms with Crippen LogP contribution in [0.1, 0.15) is 446 Å². The van der Waals surface area contributed by atoms with E-state index in [9.17, 15) is 43.2 Å². The van der Waals surface area contributed by atoms with E-state index >= 15 is 0 Å². The Morgan fingerprint density at radius 1 is 0.265 bits per heavy atom. The quantitative estimate of drug-likeness (QED) is 0.0222. The van der Waals surface area contributed by atoms with Crippen LogP contribution in [0.15, 0.2) is 0 Å². The number of hydrogen-bond acceptors (Lipinski definition) is 15. The van der Waals surface area contributed by atoms with Gasteiger partial charge < -0.3 is 33.8 Å². The summed E-state index contributed by atoms with van der Waals surface area (Å²) >= 11 is 0. The molecule has 3 N–H and O–H groups in total. The Balaban J connectivity index is 5.13. The van der Waals surface area contributed by atoms with Crippen molar-refractivity contribution < 1.29 is 80.2 Å². The summed E-state index contributed by atoms with van der Waals surface area (Å²) in [6.45, 7) is 7.23. The highest BCUT2D eigenvalue weighted by atomic mass is 31.2. The van der Waals surface area contributed by atoms with E-state index < -0.39 is 97.5 Å². The van der Waals surface area contributed by atoms with Crippen LogP contribution in [0, 0.1) is 5.92 Å². The highest BCUT2D eigenvalue weighted by Gasteiger charge is 2.30. The molecule has 102 heavy (non-hydrogen) atoms. The second kappa shape index (κ2) is 75.9. The number of aliphatic hydroxyl groups is 1. The summed E-state index contributed by atoms with van der Waals surface area (Å²) in [4.78, 5) is 72.9. The lowest BCUT2D eigenvalue weighted by Crippen LogP contribution is -2.30. The molecule has 0 bridgehead atoms. The van der Waals surface area contributed by atoms with Gasteiger partial charge in [0.05, 0.1) is 26.4 Å². The Morgan fingerprint density at radius 3 is 0.667 bits per heavy atom. The van der Waals surface area contributed by atoms with Crippen molar-refractivity contribution in [2.24, 2.45) is 5.92 Å². The van der Waals surface area contributed by atoms with Crippen molar-refractivity contribution in [1.29, 1.82) is 0 Å². The third-order valence-electron chi connectivity index (χ3n) is 19.5. The predicted octanol–water partition coefficient (Wildman–Crippen LogP) is 25.2. The largest absolute Gasteiger partial charge is 0.472 e. The third kappa shape index (κ3) is 76.3. The molecule has 0 aromatic carbocycles. The Labute approximate surface area is 626 Å². The van der Waals surface area contributed by atoms with E-state index in [-0.39, 0.29) is 25.7 Å². The van der Waals surface area contributed by atoms with Crippen molar-refractivity contribution in [2.45, 2.75) is 464 Å². The SMILES string of the molecule is CCCCCCCCCCCCCCCCCCCCCCCCC(=O)OC[C@H](COP(=O)(O)OC[C@@H](O)COP(=O)(O)OC[C@@H](COC(=O)CCCCCCCCCC)OC(=O)CCCCCCCCCC(C)C)OC(=O)CCCCCCCCCCCCCCCCCCCCCCCC. The number of esters is 4.